The molecule has 0 bridgehead atoms. The summed E-state index contributed by atoms with van der Waals surface area (Å²) < 4.78 is 72.1. The molecular weight excluding hydrogens is 479 g/mol. The van der Waals surface area contributed by atoms with Crippen LogP contribution in [0.5, 0.6) is 11.5 Å². The van der Waals surface area contributed by atoms with Gasteiger partial charge in [0.2, 0.25) is 5.91 Å². The van der Waals surface area contributed by atoms with Crippen molar-refractivity contribution in [2.45, 2.75) is 25.8 Å². The van der Waals surface area contributed by atoms with Crippen LogP contribution in [0.1, 0.15) is 56.2 Å². The molecule has 186 valence electrons. The number of imide groups is 1. The van der Waals surface area contributed by atoms with E-state index in [-0.39, 0.29) is 46.7 Å². The van der Waals surface area contributed by atoms with Crippen LogP contribution in [0.4, 0.5) is 10.1 Å². The van der Waals surface area contributed by atoms with Gasteiger partial charge < -0.3 is 14.8 Å². The molecule has 1 aliphatic carbocycles. The van der Waals surface area contributed by atoms with E-state index < -0.39 is 51.9 Å². The Morgan fingerprint density at radius 3 is 2.54 bits per heavy atom. The van der Waals surface area contributed by atoms with Gasteiger partial charge in [-0.1, -0.05) is 6.07 Å². The third-order valence-corrected chi connectivity index (χ3v) is 6.68. The molecule has 2 aromatic carbocycles. The first-order valence-electron chi connectivity index (χ1n) is 12.3. The van der Waals surface area contributed by atoms with Crippen LogP contribution in [0.3, 0.4) is 0 Å². The molecular formula is C24H25FN2O7S. The Bertz CT molecular complexity index is 1420. The number of hydrogen-bond donors (Lipinski definition) is 1. The number of nitrogens with zero attached hydrogens (tertiary/aromatic N) is 1. The van der Waals surface area contributed by atoms with E-state index in [1.807, 2.05) is 0 Å². The summed E-state index contributed by atoms with van der Waals surface area (Å²) in [4.78, 5) is 40.0. The van der Waals surface area contributed by atoms with Gasteiger partial charge >= 0.3 is 0 Å². The fraction of sp³-hybridized carbons (Fsp3) is 0.375. The molecule has 1 aliphatic heterocycles. The molecule has 2 aromatic rings. The van der Waals surface area contributed by atoms with Crippen LogP contribution < -0.4 is 14.8 Å². The molecule has 0 saturated heterocycles. The van der Waals surface area contributed by atoms with Crippen LogP contribution in [-0.2, 0) is 14.6 Å². The third kappa shape index (κ3) is 4.86. The average Bonchev–Trinajstić information content (AvgIpc) is 3.61. The second-order valence-corrected chi connectivity index (χ2v) is 10.6. The van der Waals surface area contributed by atoms with Crippen molar-refractivity contribution in [1.82, 2.24) is 4.90 Å². The third-order valence-electron chi connectivity index (χ3n) is 5.76. The topological polar surface area (TPSA) is 119 Å². The number of carbonyl (C=O) groups excluding carboxylic acids is 3. The van der Waals surface area contributed by atoms with Crippen molar-refractivity contribution < 1.29 is 40.8 Å². The summed E-state index contributed by atoms with van der Waals surface area (Å²) in [6.45, 7) is 1.73. The Hall–Kier alpha value is -3.47. The van der Waals surface area contributed by atoms with Crippen LogP contribution in [0.15, 0.2) is 30.3 Å². The monoisotopic (exact) mass is 507 g/mol. The minimum absolute atomic E-state index is 0.0475. The highest BCUT2D eigenvalue weighted by Gasteiger charge is 2.45. The normalized spacial score (nSPS) is 17.8. The predicted molar refractivity (Wildman–Crippen MR) is 125 cm³/mol. The number of anilines is 1. The van der Waals surface area contributed by atoms with Gasteiger partial charge in [0, 0.05) is 12.2 Å². The van der Waals surface area contributed by atoms with Crippen molar-refractivity contribution in [3.05, 3.63) is 52.8 Å². The number of nitrogens with one attached hydrogen (secondary N) is 1. The first-order valence-corrected chi connectivity index (χ1v) is 12.9. The van der Waals surface area contributed by atoms with Gasteiger partial charge in [0.15, 0.2) is 11.5 Å². The van der Waals surface area contributed by atoms with E-state index >= 15 is 0 Å². The first-order chi connectivity index (χ1) is 17.7. The van der Waals surface area contributed by atoms with Crippen LogP contribution in [0, 0.1) is 11.7 Å². The minimum atomic E-state index is -3.82. The zero-order valence-electron chi connectivity index (χ0n) is 22.0. The fourth-order valence-corrected chi connectivity index (χ4v) is 4.92. The summed E-state index contributed by atoms with van der Waals surface area (Å²) in [5.74, 6) is -4.58. The number of fused-ring (bicyclic) bond motifs is 1. The van der Waals surface area contributed by atoms with Crippen molar-refractivity contribution in [1.29, 1.82) is 0 Å². The van der Waals surface area contributed by atoms with Gasteiger partial charge in [-0.15, -0.1) is 0 Å². The number of halogens is 1. The SMILES string of the molecule is [2H]C([2H])([2H])Oc1ccc([C@@H](CS(C)(=O)=O)N2C(=O)c3c(F)ccc(NC(=O)C4CC4)c3C2=O)cc1OCC. The van der Waals surface area contributed by atoms with Crippen LogP contribution in [0.25, 0.3) is 0 Å². The molecule has 0 radical (unpaired) electrons. The van der Waals surface area contributed by atoms with E-state index in [0.29, 0.717) is 17.7 Å². The van der Waals surface area contributed by atoms with Gasteiger partial charge in [-0.2, -0.15) is 0 Å². The number of rotatable bonds is 9. The van der Waals surface area contributed by atoms with Crippen molar-refractivity contribution in [2.75, 3.05) is 31.0 Å². The van der Waals surface area contributed by atoms with E-state index in [1.165, 1.54) is 24.3 Å². The molecule has 0 aromatic heterocycles. The summed E-state index contributed by atoms with van der Waals surface area (Å²) in [6, 6.07) is 4.51. The highest BCUT2D eigenvalue weighted by atomic mass is 32.2. The number of amides is 3. The molecule has 0 unspecified atom stereocenters. The van der Waals surface area contributed by atoms with E-state index in [9.17, 15) is 27.2 Å². The van der Waals surface area contributed by atoms with E-state index in [4.69, 9.17) is 13.6 Å². The maximum Gasteiger partial charge on any atom is 0.265 e. The van der Waals surface area contributed by atoms with Gasteiger partial charge in [0.1, 0.15) is 15.7 Å². The minimum Gasteiger partial charge on any atom is -0.493 e. The Kier molecular flexibility index (Phi) is 5.54. The molecule has 9 nitrogen and oxygen atoms in total. The largest absolute Gasteiger partial charge is 0.493 e. The Balaban J connectivity index is 1.79. The lowest BCUT2D eigenvalue weighted by molar-refractivity contribution is -0.117. The maximum atomic E-state index is 14.8. The van der Waals surface area contributed by atoms with Crippen molar-refractivity contribution >= 4 is 33.2 Å². The zero-order chi connectivity index (χ0) is 28.0. The van der Waals surface area contributed by atoms with Crippen molar-refractivity contribution in [3.63, 3.8) is 0 Å². The quantitative estimate of drug-likeness (QED) is 0.518. The maximum absolute atomic E-state index is 14.8. The summed E-state index contributed by atoms with van der Waals surface area (Å²) in [6.07, 6.45) is 2.26. The van der Waals surface area contributed by atoms with E-state index in [1.54, 1.807) is 6.92 Å². The smallest absolute Gasteiger partial charge is 0.265 e. The Morgan fingerprint density at radius 2 is 1.91 bits per heavy atom. The molecule has 1 fully saturated rings. The Morgan fingerprint density at radius 1 is 1.20 bits per heavy atom. The van der Waals surface area contributed by atoms with Gasteiger partial charge in [-0.25, -0.2) is 12.8 Å². The van der Waals surface area contributed by atoms with Crippen LogP contribution in [-0.4, -0.2) is 56.7 Å². The lowest BCUT2D eigenvalue weighted by Crippen LogP contribution is -2.38. The second-order valence-electron chi connectivity index (χ2n) is 8.44. The molecule has 1 saturated carbocycles. The molecule has 3 amide bonds. The molecule has 1 heterocycles. The number of hydrogen-bond acceptors (Lipinski definition) is 7. The van der Waals surface area contributed by atoms with Gasteiger partial charge in [0.25, 0.3) is 11.8 Å². The van der Waals surface area contributed by atoms with E-state index in [2.05, 4.69) is 5.32 Å². The van der Waals surface area contributed by atoms with Crippen molar-refractivity contribution in [2.24, 2.45) is 5.92 Å². The average molecular weight is 508 g/mol. The van der Waals surface area contributed by atoms with E-state index in [0.717, 1.165) is 12.3 Å². The summed E-state index contributed by atoms with van der Waals surface area (Å²) in [7, 11) is -6.63. The first kappa shape index (κ1) is 20.9. The lowest BCUT2D eigenvalue weighted by atomic mass is 10.1. The highest BCUT2D eigenvalue weighted by Crippen LogP contribution is 2.40. The number of benzene rings is 2. The van der Waals surface area contributed by atoms with Crippen LogP contribution >= 0.6 is 0 Å². The molecule has 1 N–H and O–H groups in total. The number of methoxy groups -OCH3 is 1. The summed E-state index contributed by atoms with van der Waals surface area (Å²) >= 11 is 0. The number of sulfone groups is 1. The molecule has 4 rings (SSSR count). The zero-order valence-corrected chi connectivity index (χ0v) is 19.8. The van der Waals surface area contributed by atoms with Crippen molar-refractivity contribution in [3.8, 4) is 11.5 Å². The summed E-state index contributed by atoms with van der Waals surface area (Å²) in [5.41, 5.74) is -0.881. The second kappa shape index (κ2) is 9.29. The molecule has 1 atom stereocenters. The Labute approximate surface area is 206 Å². The number of carbonyl (C=O) groups is 3. The highest BCUT2D eigenvalue weighted by molar-refractivity contribution is 7.90. The lowest BCUT2D eigenvalue weighted by Gasteiger charge is -2.27. The molecule has 11 heteroatoms. The molecule has 0 spiro atoms. The molecule has 35 heavy (non-hydrogen) atoms. The van der Waals surface area contributed by atoms with Gasteiger partial charge in [0.05, 0.1) is 46.4 Å². The standard InChI is InChI=1S/C24H25FN2O7S/c1-4-34-19-11-14(7-10-18(19)33-2)17(12-35(3,31)32)27-23(29)20-15(25)8-9-16(21(20)24(27)30)26-22(28)13-5-6-13/h7-11,13,17H,4-6,12H2,1-3H3,(H,26,28)/t17-/m1/s1/i2D3. The van der Waals surface area contributed by atoms with Gasteiger partial charge in [-0.05, 0) is 49.6 Å². The van der Waals surface area contributed by atoms with Crippen LogP contribution in [0.2, 0.25) is 0 Å². The number of ether oxygens (including phenoxy) is 2. The summed E-state index contributed by atoms with van der Waals surface area (Å²) in [5, 5.41) is 2.57. The van der Waals surface area contributed by atoms with Gasteiger partial charge in [-0.3, -0.25) is 19.3 Å². The predicted octanol–water partition coefficient (Wildman–Crippen LogP) is 2.96. The fourth-order valence-electron chi connectivity index (χ4n) is 4.00. The molecule has 2 aliphatic rings.